The van der Waals surface area contributed by atoms with Gasteiger partial charge in [0.05, 0.1) is 19.4 Å². The van der Waals surface area contributed by atoms with E-state index in [4.69, 9.17) is 9.47 Å². The van der Waals surface area contributed by atoms with Gasteiger partial charge in [-0.1, -0.05) is 30.0 Å². The van der Waals surface area contributed by atoms with Crippen LogP contribution in [0.3, 0.4) is 0 Å². The van der Waals surface area contributed by atoms with Gasteiger partial charge in [0.2, 0.25) is 5.91 Å². The third kappa shape index (κ3) is 5.54. The standard InChI is InChI=1S/C22H25N3O3S/c1-16-8-9-18(14-17(16)2)25-12-10-24-22(25)29-15-21(26)23-11-13-28-20-7-5-4-6-19(20)27-3/h4-10,12,14H,11,13,15H2,1-3H3,(H,23,26). The molecule has 1 heterocycles. The Morgan fingerprint density at radius 3 is 2.69 bits per heavy atom. The van der Waals surface area contributed by atoms with Crippen LogP contribution < -0.4 is 14.8 Å². The SMILES string of the molecule is COc1ccccc1OCCNC(=O)CSc1nccn1-c1ccc(C)c(C)c1. The normalized spacial score (nSPS) is 10.6. The molecule has 0 saturated heterocycles. The lowest BCUT2D eigenvalue weighted by Gasteiger charge is -2.11. The fourth-order valence-electron chi connectivity index (χ4n) is 2.74. The summed E-state index contributed by atoms with van der Waals surface area (Å²) in [6.07, 6.45) is 3.65. The smallest absolute Gasteiger partial charge is 0.230 e. The Hall–Kier alpha value is -2.93. The molecule has 0 spiro atoms. The van der Waals surface area contributed by atoms with Crippen LogP contribution in [0.1, 0.15) is 11.1 Å². The number of nitrogens with one attached hydrogen (secondary N) is 1. The molecule has 152 valence electrons. The summed E-state index contributed by atoms with van der Waals surface area (Å²) in [6.45, 7) is 4.96. The van der Waals surface area contributed by atoms with Gasteiger partial charge in [-0.3, -0.25) is 9.36 Å². The highest BCUT2D eigenvalue weighted by molar-refractivity contribution is 7.99. The maximum Gasteiger partial charge on any atom is 0.230 e. The lowest BCUT2D eigenvalue weighted by molar-refractivity contribution is -0.118. The molecule has 0 bridgehead atoms. The first kappa shape index (κ1) is 20.8. The first-order chi connectivity index (χ1) is 14.1. The number of thioether (sulfide) groups is 1. The summed E-state index contributed by atoms with van der Waals surface area (Å²) >= 11 is 1.41. The maximum absolute atomic E-state index is 12.2. The number of methoxy groups -OCH3 is 1. The monoisotopic (exact) mass is 411 g/mol. The fraction of sp³-hybridized carbons (Fsp3) is 0.273. The van der Waals surface area contributed by atoms with Crippen LogP contribution >= 0.6 is 11.8 Å². The van der Waals surface area contributed by atoms with Crippen molar-refractivity contribution < 1.29 is 14.3 Å². The van der Waals surface area contributed by atoms with Gasteiger partial charge in [0, 0.05) is 18.1 Å². The van der Waals surface area contributed by atoms with Gasteiger partial charge in [0.25, 0.3) is 0 Å². The van der Waals surface area contributed by atoms with E-state index >= 15 is 0 Å². The molecule has 0 unspecified atom stereocenters. The highest BCUT2D eigenvalue weighted by atomic mass is 32.2. The van der Waals surface area contributed by atoms with Crippen LogP contribution in [-0.4, -0.2) is 41.5 Å². The van der Waals surface area contributed by atoms with Gasteiger partial charge in [-0.25, -0.2) is 4.98 Å². The van der Waals surface area contributed by atoms with Gasteiger partial charge in [-0.2, -0.15) is 0 Å². The molecule has 2 aromatic carbocycles. The summed E-state index contributed by atoms with van der Waals surface area (Å²) in [5.41, 5.74) is 3.51. The summed E-state index contributed by atoms with van der Waals surface area (Å²) < 4.78 is 12.9. The molecule has 0 radical (unpaired) electrons. The minimum atomic E-state index is -0.0618. The molecule has 3 aromatic rings. The topological polar surface area (TPSA) is 65.4 Å². The molecule has 0 aliphatic rings. The first-order valence-corrected chi connectivity index (χ1v) is 10.3. The van der Waals surface area contributed by atoms with Crippen LogP contribution in [0.2, 0.25) is 0 Å². The maximum atomic E-state index is 12.2. The number of hydrogen-bond acceptors (Lipinski definition) is 5. The molecule has 0 atom stereocenters. The van der Waals surface area contributed by atoms with Crippen LogP contribution in [-0.2, 0) is 4.79 Å². The second-order valence-electron chi connectivity index (χ2n) is 6.49. The zero-order chi connectivity index (χ0) is 20.6. The van der Waals surface area contributed by atoms with Gasteiger partial charge in [0.15, 0.2) is 16.7 Å². The number of ether oxygens (including phenoxy) is 2. The van der Waals surface area contributed by atoms with Crippen LogP contribution in [0, 0.1) is 13.8 Å². The van der Waals surface area contributed by atoms with Crippen LogP contribution in [0.25, 0.3) is 5.69 Å². The molecule has 1 aromatic heterocycles. The number of para-hydroxylation sites is 2. The van der Waals surface area contributed by atoms with Crippen LogP contribution in [0.15, 0.2) is 60.0 Å². The molecule has 1 N–H and O–H groups in total. The number of aromatic nitrogens is 2. The van der Waals surface area contributed by atoms with E-state index in [2.05, 4.69) is 42.3 Å². The van der Waals surface area contributed by atoms with Gasteiger partial charge in [-0.15, -0.1) is 0 Å². The molecule has 0 aliphatic carbocycles. The molecule has 1 amide bonds. The van der Waals surface area contributed by atoms with E-state index < -0.39 is 0 Å². The van der Waals surface area contributed by atoms with E-state index in [0.29, 0.717) is 24.7 Å². The van der Waals surface area contributed by atoms with Crippen LogP contribution in [0.5, 0.6) is 11.5 Å². The molecular formula is C22H25N3O3S. The van der Waals surface area contributed by atoms with E-state index in [1.165, 1.54) is 22.9 Å². The second-order valence-corrected chi connectivity index (χ2v) is 7.43. The fourth-order valence-corrected chi connectivity index (χ4v) is 3.54. The molecule has 3 rings (SSSR count). The van der Waals surface area contributed by atoms with Gasteiger partial charge < -0.3 is 14.8 Å². The Bertz CT molecular complexity index is 971. The average Bonchev–Trinajstić information content (AvgIpc) is 3.20. The minimum Gasteiger partial charge on any atom is -0.493 e. The van der Waals surface area contributed by atoms with Crippen molar-refractivity contribution >= 4 is 17.7 Å². The number of aryl methyl sites for hydroxylation is 2. The van der Waals surface area contributed by atoms with Crippen molar-refractivity contribution in [3.63, 3.8) is 0 Å². The second kappa shape index (κ2) is 10.0. The van der Waals surface area contributed by atoms with Crippen molar-refractivity contribution in [2.75, 3.05) is 26.0 Å². The Kier molecular flexibility index (Phi) is 7.19. The number of carbonyl (C=O) groups excluding carboxylic acids is 1. The predicted octanol–water partition coefficient (Wildman–Crippen LogP) is 3.79. The zero-order valence-corrected chi connectivity index (χ0v) is 17.7. The average molecular weight is 412 g/mol. The quantitative estimate of drug-likeness (QED) is 0.429. The Morgan fingerprint density at radius 1 is 1.14 bits per heavy atom. The number of carbonyl (C=O) groups is 1. The highest BCUT2D eigenvalue weighted by Crippen LogP contribution is 2.25. The largest absolute Gasteiger partial charge is 0.493 e. The van der Waals surface area contributed by atoms with Crippen molar-refractivity contribution in [3.8, 4) is 17.2 Å². The molecule has 6 nitrogen and oxygen atoms in total. The Morgan fingerprint density at radius 2 is 1.93 bits per heavy atom. The lowest BCUT2D eigenvalue weighted by Crippen LogP contribution is -2.29. The molecule has 7 heteroatoms. The van der Waals surface area contributed by atoms with Gasteiger partial charge in [0.1, 0.15) is 6.61 Å². The summed E-state index contributed by atoms with van der Waals surface area (Å²) in [7, 11) is 1.60. The van der Waals surface area contributed by atoms with E-state index in [-0.39, 0.29) is 11.7 Å². The van der Waals surface area contributed by atoms with Gasteiger partial charge in [-0.05, 0) is 49.2 Å². The lowest BCUT2D eigenvalue weighted by atomic mass is 10.1. The number of amides is 1. The summed E-state index contributed by atoms with van der Waals surface area (Å²) in [6, 6.07) is 13.7. The predicted molar refractivity (Wildman–Crippen MR) is 115 cm³/mol. The van der Waals surface area contributed by atoms with E-state index in [0.717, 1.165) is 10.8 Å². The zero-order valence-electron chi connectivity index (χ0n) is 16.8. The van der Waals surface area contributed by atoms with Crippen molar-refractivity contribution in [2.45, 2.75) is 19.0 Å². The van der Waals surface area contributed by atoms with E-state index in [1.54, 1.807) is 13.3 Å². The number of benzene rings is 2. The Balaban J connectivity index is 1.47. The number of rotatable bonds is 9. The van der Waals surface area contributed by atoms with E-state index in [1.807, 2.05) is 35.0 Å². The number of imidazole rings is 1. The van der Waals surface area contributed by atoms with Crippen molar-refractivity contribution in [1.82, 2.24) is 14.9 Å². The van der Waals surface area contributed by atoms with Crippen molar-refractivity contribution in [3.05, 3.63) is 66.0 Å². The molecule has 0 aliphatic heterocycles. The van der Waals surface area contributed by atoms with Crippen molar-refractivity contribution in [1.29, 1.82) is 0 Å². The number of nitrogens with zero attached hydrogens (tertiary/aromatic N) is 2. The molecule has 0 fully saturated rings. The molecule has 29 heavy (non-hydrogen) atoms. The third-order valence-electron chi connectivity index (χ3n) is 4.46. The molecule has 0 saturated carbocycles. The van der Waals surface area contributed by atoms with Gasteiger partial charge >= 0.3 is 0 Å². The van der Waals surface area contributed by atoms with Crippen LogP contribution in [0.4, 0.5) is 0 Å². The molecular weight excluding hydrogens is 386 g/mol. The highest BCUT2D eigenvalue weighted by Gasteiger charge is 2.10. The Labute approximate surface area is 175 Å². The summed E-state index contributed by atoms with van der Waals surface area (Å²) in [5, 5.41) is 3.65. The minimum absolute atomic E-state index is 0.0618. The summed E-state index contributed by atoms with van der Waals surface area (Å²) in [5.74, 6) is 1.56. The first-order valence-electron chi connectivity index (χ1n) is 9.35. The van der Waals surface area contributed by atoms with Crippen molar-refractivity contribution in [2.24, 2.45) is 0 Å². The number of hydrogen-bond donors (Lipinski definition) is 1. The third-order valence-corrected chi connectivity index (χ3v) is 5.43. The summed E-state index contributed by atoms with van der Waals surface area (Å²) in [4.78, 5) is 16.5. The van der Waals surface area contributed by atoms with E-state index in [9.17, 15) is 4.79 Å².